The second kappa shape index (κ2) is 6.99. The van der Waals surface area contributed by atoms with Gasteiger partial charge in [-0.2, -0.15) is 0 Å². The van der Waals surface area contributed by atoms with Gasteiger partial charge >= 0.3 is 0 Å². The van der Waals surface area contributed by atoms with Gasteiger partial charge in [-0.15, -0.1) is 0 Å². The van der Waals surface area contributed by atoms with Crippen molar-refractivity contribution in [3.8, 4) is 11.5 Å². The molecule has 0 aliphatic carbocycles. The Morgan fingerprint density at radius 1 is 1.11 bits per heavy atom. The van der Waals surface area contributed by atoms with Crippen molar-refractivity contribution in [3.05, 3.63) is 23.8 Å². The van der Waals surface area contributed by atoms with Gasteiger partial charge in [0.25, 0.3) is 5.91 Å². The Hall–Kier alpha value is -1.75. The lowest BCUT2D eigenvalue weighted by Gasteiger charge is -2.22. The number of rotatable bonds is 6. The zero-order valence-electron chi connectivity index (χ0n) is 11.8. The Balaban J connectivity index is 2.72. The highest BCUT2D eigenvalue weighted by Gasteiger charge is 2.15. The normalized spacial score (nSPS) is 10.7. The molecule has 1 aromatic rings. The second-order valence-electron chi connectivity index (χ2n) is 4.78. The number of amides is 1. The van der Waals surface area contributed by atoms with Crippen LogP contribution in [0.25, 0.3) is 0 Å². The fourth-order valence-electron chi connectivity index (χ4n) is 1.88. The highest BCUT2D eigenvalue weighted by Crippen LogP contribution is 2.21. The van der Waals surface area contributed by atoms with Gasteiger partial charge < -0.3 is 20.0 Å². The van der Waals surface area contributed by atoms with Crippen LogP contribution in [0.5, 0.6) is 11.5 Å². The van der Waals surface area contributed by atoms with Crippen LogP contribution in [0, 0.1) is 0 Å². The molecule has 5 nitrogen and oxygen atoms in total. The van der Waals surface area contributed by atoms with Crippen LogP contribution in [0.2, 0.25) is 0 Å². The van der Waals surface area contributed by atoms with Gasteiger partial charge in [-0.25, -0.2) is 0 Å². The van der Waals surface area contributed by atoms with Crippen LogP contribution in [0.15, 0.2) is 18.2 Å². The highest BCUT2D eigenvalue weighted by atomic mass is 16.3. The first kappa shape index (κ1) is 15.3. The zero-order valence-corrected chi connectivity index (χ0v) is 11.8. The molecule has 106 valence electrons. The maximum atomic E-state index is 12.2. The molecule has 1 rings (SSSR count). The van der Waals surface area contributed by atoms with Gasteiger partial charge in [0.2, 0.25) is 0 Å². The third-order valence-corrected chi connectivity index (χ3v) is 2.85. The maximum absolute atomic E-state index is 12.2. The minimum Gasteiger partial charge on any atom is -0.508 e. The SMILES string of the molecule is CCN(CCCN(C)C)C(=O)c1cc(O)cc(O)c1. The average Bonchev–Trinajstić information content (AvgIpc) is 2.32. The molecule has 0 fully saturated rings. The van der Waals surface area contributed by atoms with E-state index in [0.29, 0.717) is 18.7 Å². The van der Waals surface area contributed by atoms with Crippen molar-refractivity contribution in [2.24, 2.45) is 0 Å². The molecular formula is C14H22N2O3. The topological polar surface area (TPSA) is 64.0 Å². The highest BCUT2D eigenvalue weighted by molar-refractivity contribution is 5.95. The van der Waals surface area contributed by atoms with E-state index in [9.17, 15) is 15.0 Å². The molecule has 0 heterocycles. The van der Waals surface area contributed by atoms with Crippen LogP contribution in [0.3, 0.4) is 0 Å². The summed E-state index contributed by atoms with van der Waals surface area (Å²) in [6, 6.07) is 3.95. The van der Waals surface area contributed by atoms with Crippen molar-refractivity contribution in [2.45, 2.75) is 13.3 Å². The Morgan fingerprint density at radius 3 is 2.16 bits per heavy atom. The lowest BCUT2D eigenvalue weighted by molar-refractivity contribution is 0.0758. The number of hydrogen-bond donors (Lipinski definition) is 2. The molecule has 1 aromatic carbocycles. The summed E-state index contributed by atoms with van der Waals surface area (Å²) in [6.45, 7) is 4.08. The standard InChI is InChI=1S/C14H22N2O3/c1-4-16(7-5-6-15(2)3)14(19)11-8-12(17)10-13(18)9-11/h8-10,17-18H,4-7H2,1-3H3. The summed E-state index contributed by atoms with van der Waals surface area (Å²) in [5, 5.41) is 18.8. The predicted molar refractivity (Wildman–Crippen MR) is 74.5 cm³/mol. The third-order valence-electron chi connectivity index (χ3n) is 2.85. The van der Waals surface area contributed by atoms with Crippen molar-refractivity contribution in [1.82, 2.24) is 9.80 Å². The summed E-state index contributed by atoms with van der Waals surface area (Å²) in [5.74, 6) is -0.382. The quantitative estimate of drug-likeness (QED) is 0.819. The molecule has 0 radical (unpaired) electrons. The Morgan fingerprint density at radius 2 is 1.68 bits per heavy atom. The molecule has 0 aliphatic heterocycles. The zero-order chi connectivity index (χ0) is 14.4. The van der Waals surface area contributed by atoms with Crippen molar-refractivity contribution in [2.75, 3.05) is 33.7 Å². The van der Waals surface area contributed by atoms with Gasteiger partial charge in [-0.3, -0.25) is 4.79 Å². The number of benzene rings is 1. The van der Waals surface area contributed by atoms with Crippen molar-refractivity contribution < 1.29 is 15.0 Å². The van der Waals surface area contributed by atoms with E-state index in [-0.39, 0.29) is 17.4 Å². The lowest BCUT2D eigenvalue weighted by atomic mass is 10.1. The van der Waals surface area contributed by atoms with Crippen LogP contribution in [0.1, 0.15) is 23.7 Å². The molecule has 0 spiro atoms. The summed E-state index contributed by atoms with van der Waals surface area (Å²) in [4.78, 5) is 16.0. The van der Waals surface area contributed by atoms with Crippen molar-refractivity contribution in [1.29, 1.82) is 0 Å². The molecule has 2 N–H and O–H groups in total. The minimum absolute atomic E-state index is 0.104. The largest absolute Gasteiger partial charge is 0.508 e. The molecule has 0 saturated heterocycles. The predicted octanol–water partition coefficient (Wildman–Crippen LogP) is 1.51. The van der Waals surface area contributed by atoms with Crippen molar-refractivity contribution >= 4 is 5.91 Å². The summed E-state index contributed by atoms with van der Waals surface area (Å²) >= 11 is 0. The third kappa shape index (κ3) is 4.79. The fraction of sp³-hybridized carbons (Fsp3) is 0.500. The first-order chi connectivity index (χ1) is 8.93. The average molecular weight is 266 g/mol. The van der Waals surface area contributed by atoms with Gasteiger partial charge in [0.1, 0.15) is 11.5 Å². The molecular weight excluding hydrogens is 244 g/mol. The van der Waals surface area contributed by atoms with Gasteiger partial charge in [0, 0.05) is 24.7 Å². The van der Waals surface area contributed by atoms with E-state index in [1.165, 1.54) is 18.2 Å². The van der Waals surface area contributed by atoms with Crippen molar-refractivity contribution in [3.63, 3.8) is 0 Å². The van der Waals surface area contributed by atoms with Gasteiger partial charge in [-0.05, 0) is 46.1 Å². The smallest absolute Gasteiger partial charge is 0.254 e. The number of aromatic hydroxyl groups is 2. The number of phenols is 2. The number of carbonyl (C=O) groups excluding carboxylic acids is 1. The van der Waals surface area contributed by atoms with Gasteiger partial charge in [0.15, 0.2) is 0 Å². The maximum Gasteiger partial charge on any atom is 0.254 e. The Labute approximate surface area is 114 Å². The van der Waals surface area contributed by atoms with Crippen LogP contribution < -0.4 is 0 Å². The molecule has 0 unspecified atom stereocenters. The van der Waals surface area contributed by atoms with Gasteiger partial charge in [-0.1, -0.05) is 0 Å². The number of phenolic OH excluding ortho intramolecular Hbond substituents is 2. The molecule has 0 aromatic heterocycles. The molecule has 0 saturated carbocycles. The van der Waals surface area contributed by atoms with E-state index >= 15 is 0 Å². The lowest BCUT2D eigenvalue weighted by Crippen LogP contribution is -2.33. The van der Waals surface area contributed by atoms with Crippen LogP contribution in [-0.2, 0) is 0 Å². The summed E-state index contributed by atoms with van der Waals surface area (Å²) in [6.07, 6.45) is 0.886. The molecule has 5 heteroatoms. The number of nitrogens with zero attached hydrogens (tertiary/aromatic N) is 2. The Bertz CT molecular complexity index is 412. The van der Waals surface area contributed by atoms with E-state index in [0.717, 1.165) is 13.0 Å². The number of hydrogen-bond acceptors (Lipinski definition) is 4. The second-order valence-corrected chi connectivity index (χ2v) is 4.78. The molecule has 19 heavy (non-hydrogen) atoms. The molecule has 0 aliphatic rings. The fourth-order valence-corrected chi connectivity index (χ4v) is 1.88. The van der Waals surface area contributed by atoms with E-state index in [4.69, 9.17) is 0 Å². The first-order valence-electron chi connectivity index (χ1n) is 6.41. The van der Waals surface area contributed by atoms with Crippen LogP contribution in [-0.4, -0.2) is 59.6 Å². The van der Waals surface area contributed by atoms with Crippen LogP contribution >= 0.6 is 0 Å². The summed E-state index contributed by atoms with van der Waals surface area (Å²) in [7, 11) is 3.98. The Kier molecular flexibility index (Phi) is 5.63. The van der Waals surface area contributed by atoms with Gasteiger partial charge in [0.05, 0.1) is 0 Å². The summed E-state index contributed by atoms with van der Waals surface area (Å²) < 4.78 is 0. The number of carbonyl (C=O) groups is 1. The van der Waals surface area contributed by atoms with Crippen LogP contribution in [0.4, 0.5) is 0 Å². The monoisotopic (exact) mass is 266 g/mol. The van der Waals surface area contributed by atoms with E-state index in [1.807, 2.05) is 21.0 Å². The molecule has 1 amide bonds. The van der Waals surface area contributed by atoms with E-state index < -0.39 is 0 Å². The first-order valence-corrected chi connectivity index (χ1v) is 6.41. The minimum atomic E-state index is -0.174. The molecule has 0 atom stereocenters. The van der Waals surface area contributed by atoms with E-state index in [1.54, 1.807) is 4.90 Å². The summed E-state index contributed by atoms with van der Waals surface area (Å²) in [5.41, 5.74) is 0.309. The molecule has 0 bridgehead atoms. The van der Waals surface area contributed by atoms with E-state index in [2.05, 4.69) is 4.90 Å².